The molecule has 10 heteroatoms. The number of aromatic nitrogens is 2. The standard InChI is InChI=1S/C28H27Cl2FN4O3/c1-16-15-17(7-10-20(16)31)26-25(33-22-5-4-6-23(37-3)35(22)26)28(36)34(13-12-32-2)21-11-14-38-27-18(21)8-9-19(29)24(27)30/h4-10,15,21,32H,11-14H2,1-3H3. The molecule has 38 heavy (non-hydrogen) atoms. The Morgan fingerprint density at radius 1 is 1.26 bits per heavy atom. The fraction of sp³-hybridized carbons (Fsp3) is 0.286. The molecule has 4 aromatic rings. The number of amides is 1. The van der Waals surface area contributed by atoms with E-state index in [9.17, 15) is 9.18 Å². The lowest BCUT2D eigenvalue weighted by Crippen LogP contribution is -2.41. The van der Waals surface area contributed by atoms with Crippen molar-refractivity contribution in [2.75, 3.05) is 33.9 Å². The van der Waals surface area contributed by atoms with Gasteiger partial charge in [0.15, 0.2) is 11.6 Å². The van der Waals surface area contributed by atoms with E-state index in [2.05, 4.69) is 5.32 Å². The summed E-state index contributed by atoms with van der Waals surface area (Å²) in [6.45, 7) is 3.03. The molecule has 3 heterocycles. The molecule has 1 atom stereocenters. The molecule has 0 aliphatic carbocycles. The summed E-state index contributed by atoms with van der Waals surface area (Å²) >= 11 is 12.7. The lowest BCUT2D eigenvalue weighted by Gasteiger charge is -2.36. The third kappa shape index (κ3) is 4.57. The predicted octanol–water partition coefficient (Wildman–Crippen LogP) is 5.95. The van der Waals surface area contributed by atoms with Gasteiger partial charge in [-0.25, -0.2) is 9.37 Å². The van der Waals surface area contributed by atoms with Crippen molar-refractivity contribution < 1.29 is 18.7 Å². The number of halogens is 3. The Morgan fingerprint density at radius 2 is 2.08 bits per heavy atom. The second kappa shape index (κ2) is 10.8. The number of hydrogen-bond acceptors (Lipinski definition) is 5. The number of methoxy groups -OCH3 is 1. The van der Waals surface area contributed by atoms with Crippen LogP contribution in [-0.4, -0.2) is 54.0 Å². The number of nitrogens with zero attached hydrogens (tertiary/aromatic N) is 3. The van der Waals surface area contributed by atoms with Gasteiger partial charge in [-0.15, -0.1) is 0 Å². The SMILES string of the molecule is CNCCN(C(=O)c1nc2cccc(OC)n2c1-c1ccc(F)c(C)c1)C1CCOc2c1ccc(Cl)c2Cl. The maximum atomic E-state index is 14.4. The molecule has 2 aromatic heterocycles. The summed E-state index contributed by atoms with van der Waals surface area (Å²) in [6.07, 6.45) is 0.572. The molecule has 198 valence electrons. The quantitative estimate of drug-likeness (QED) is 0.304. The molecule has 0 fully saturated rings. The van der Waals surface area contributed by atoms with Gasteiger partial charge < -0.3 is 19.7 Å². The Labute approximate surface area is 230 Å². The van der Waals surface area contributed by atoms with Crippen LogP contribution in [0.4, 0.5) is 4.39 Å². The van der Waals surface area contributed by atoms with Gasteiger partial charge in [0.25, 0.3) is 5.91 Å². The van der Waals surface area contributed by atoms with Gasteiger partial charge in [-0.3, -0.25) is 9.20 Å². The molecule has 2 aromatic carbocycles. The smallest absolute Gasteiger partial charge is 0.275 e. The number of carbonyl (C=O) groups is 1. The number of nitrogens with one attached hydrogen (secondary N) is 1. The van der Waals surface area contributed by atoms with Gasteiger partial charge in [0.05, 0.1) is 30.5 Å². The highest BCUT2D eigenvalue weighted by Gasteiger charge is 2.35. The van der Waals surface area contributed by atoms with Crippen LogP contribution in [0.15, 0.2) is 48.5 Å². The van der Waals surface area contributed by atoms with E-state index in [1.165, 1.54) is 6.07 Å². The Kier molecular flexibility index (Phi) is 7.47. The van der Waals surface area contributed by atoms with Crippen LogP contribution in [0.1, 0.15) is 34.1 Å². The number of aryl methyl sites for hydroxylation is 1. The summed E-state index contributed by atoms with van der Waals surface area (Å²) < 4.78 is 27.5. The topological polar surface area (TPSA) is 68.1 Å². The van der Waals surface area contributed by atoms with Crippen LogP contribution in [0.3, 0.4) is 0 Å². The van der Waals surface area contributed by atoms with Crippen molar-refractivity contribution in [1.29, 1.82) is 0 Å². The molecule has 7 nitrogen and oxygen atoms in total. The Morgan fingerprint density at radius 3 is 2.82 bits per heavy atom. The third-order valence-electron chi connectivity index (χ3n) is 6.77. The van der Waals surface area contributed by atoms with Crippen LogP contribution in [-0.2, 0) is 0 Å². The molecule has 1 unspecified atom stereocenters. The average Bonchev–Trinajstić information content (AvgIpc) is 3.32. The van der Waals surface area contributed by atoms with Crippen molar-refractivity contribution in [2.45, 2.75) is 19.4 Å². The molecule has 1 aliphatic heterocycles. The molecule has 0 saturated carbocycles. The Hall–Kier alpha value is -3.33. The van der Waals surface area contributed by atoms with E-state index in [0.29, 0.717) is 70.3 Å². The number of fused-ring (bicyclic) bond motifs is 2. The minimum absolute atomic E-state index is 0.240. The average molecular weight is 557 g/mol. The van der Waals surface area contributed by atoms with Crippen molar-refractivity contribution in [3.63, 3.8) is 0 Å². The summed E-state index contributed by atoms with van der Waals surface area (Å²) in [5.41, 5.74) is 3.21. The predicted molar refractivity (Wildman–Crippen MR) is 146 cm³/mol. The second-order valence-corrected chi connectivity index (χ2v) is 9.85. The van der Waals surface area contributed by atoms with Crippen molar-refractivity contribution in [2.24, 2.45) is 0 Å². The van der Waals surface area contributed by atoms with Crippen LogP contribution in [0.5, 0.6) is 11.6 Å². The van der Waals surface area contributed by atoms with Crippen LogP contribution in [0.2, 0.25) is 10.0 Å². The maximum Gasteiger partial charge on any atom is 0.275 e. The number of carbonyl (C=O) groups excluding carboxylic acids is 1. The van der Waals surface area contributed by atoms with E-state index in [-0.39, 0.29) is 23.5 Å². The first-order valence-corrected chi connectivity index (χ1v) is 13.0. The zero-order valence-corrected chi connectivity index (χ0v) is 22.7. The first kappa shape index (κ1) is 26.3. The molecular formula is C28H27Cl2FN4O3. The van der Waals surface area contributed by atoms with Crippen LogP contribution in [0.25, 0.3) is 16.9 Å². The normalized spacial score (nSPS) is 14.7. The second-order valence-electron chi connectivity index (χ2n) is 9.07. The largest absolute Gasteiger partial charge is 0.492 e. The molecular weight excluding hydrogens is 530 g/mol. The number of benzene rings is 2. The van der Waals surface area contributed by atoms with Crippen molar-refractivity contribution in [3.05, 3.63) is 81.2 Å². The zero-order chi connectivity index (χ0) is 27.0. The molecule has 0 radical (unpaired) electrons. The lowest BCUT2D eigenvalue weighted by atomic mass is 9.97. The number of rotatable bonds is 7. The van der Waals surface area contributed by atoms with E-state index in [1.54, 1.807) is 47.6 Å². The summed E-state index contributed by atoms with van der Waals surface area (Å²) in [7, 11) is 3.39. The number of likely N-dealkylation sites (N-methyl/N-ethyl adjacent to an activating group) is 1. The first-order chi connectivity index (χ1) is 18.3. The molecule has 0 spiro atoms. The molecule has 1 aliphatic rings. The van der Waals surface area contributed by atoms with Crippen molar-refractivity contribution in [3.8, 4) is 22.9 Å². The molecule has 0 bridgehead atoms. The first-order valence-electron chi connectivity index (χ1n) is 12.2. The molecule has 1 N–H and O–H groups in total. The van der Waals surface area contributed by atoms with Gasteiger partial charge in [-0.05, 0) is 55.9 Å². The van der Waals surface area contributed by atoms with Gasteiger partial charge in [0.2, 0.25) is 0 Å². The van der Waals surface area contributed by atoms with E-state index < -0.39 is 0 Å². The minimum atomic E-state index is -0.326. The highest BCUT2D eigenvalue weighted by molar-refractivity contribution is 6.43. The van der Waals surface area contributed by atoms with Gasteiger partial charge in [-0.1, -0.05) is 35.3 Å². The lowest BCUT2D eigenvalue weighted by molar-refractivity contribution is 0.0622. The highest BCUT2D eigenvalue weighted by Crippen LogP contribution is 2.44. The number of hydrogen-bond donors (Lipinski definition) is 1. The third-order valence-corrected chi connectivity index (χ3v) is 7.55. The van der Waals surface area contributed by atoms with Gasteiger partial charge >= 0.3 is 0 Å². The fourth-order valence-electron chi connectivity index (χ4n) is 4.91. The van der Waals surface area contributed by atoms with Gasteiger partial charge in [0.1, 0.15) is 22.2 Å². The van der Waals surface area contributed by atoms with Gasteiger partial charge in [0, 0.05) is 30.6 Å². The summed E-state index contributed by atoms with van der Waals surface area (Å²) in [5.74, 6) is 0.397. The van der Waals surface area contributed by atoms with Crippen molar-refractivity contribution in [1.82, 2.24) is 19.6 Å². The molecule has 5 rings (SSSR count). The monoisotopic (exact) mass is 556 g/mol. The zero-order valence-electron chi connectivity index (χ0n) is 21.2. The van der Waals surface area contributed by atoms with Crippen LogP contribution < -0.4 is 14.8 Å². The summed E-state index contributed by atoms with van der Waals surface area (Å²) in [4.78, 5) is 21.0. The Balaban J connectivity index is 1.70. The van der Waals surface area contributed by atoms with E-state index >= 15 is 0 Å². The number of imidazole rings is 1. The highest BCUT2D eigenvalue weighted by atomic mass is 35.5. The number of pyridine rings is 1. The fourth-order valence-corrected chi connectivity index (χ4v) is 5.28. The van der Waals surface area contributed by atoms with Crippen molar-refractivity contribution >= 4 is 34.8 Å². The van der Waals surface area contributed by atoms with Crippen LogP contribution in [0, 0.1) is 12.7 Å². The van der Waals surface area contributed by atoms with Crippen LogP contribution >= 0.6 is 23.2 Å². The van der Waals surface area contributed by atoms with Gasteiger partial charge in [-0.2, -0.15) is 0 Å². The van der Waals surface area contributed by atoms with E-state index in [0.717, 1.165) is 5.56 Å². The minimum Gasteiger partial charge on any atom is -0.492 e. The molecule has 0 saturated heterocycles. The maximum absolute atomic E-state index is 14.4. The van der Waals surface area contributed by atoms with E-state index in [1.807, 2.05) is 25.2 Å². The molecule has 1 amide bonds. The van der Waals surface area contributed by atoms with E-state index in [4.69, 9.17) is 37.7 Å². The number of ether oxygens (including phenoxy) is 2. The summed E-state index contributed by atoms with van der Waals surface area (Å²) in [6, 6.07) is 13.4. The Bertz CT molecular complexity index is 1520. The summed E-state index contributed by atoms with van der Waals surface area (Å²) in [5, 5.41) is 3.85.